The highest BCUT2D eigenvalue weighted by Gasteiger charge is 2.19. The minimum Gasteiger partial charge on any atom is -0.306 e. The van der Waals surface area contributed by atoms with Gasteiger partial charge in [-0.1, -0.05) is 77.8 Å². The number of hydrogen-bond donors (Lipinski definition) is 2. The molecule has 0 radical (unpaired) electrons. The van der Waals surface area contributed by atoms with Crippen LogP contribution in [0.15, 0.2) is 130 Å². The number of rotatable bonds is 6. The number of hydrogen-bond acceptors (Lipinski definition) is 8. The van der Waals surface area contributed by atoms with E-state index in [1.165, 1.54) is 0 Å². The summed E-state index contributed by atoms with van der Waals surface area (Å²) >= 11 is 15.5. The van der Waals surface area contributed by atoms with E-state index in [9.17, 15) is 9.59 Å². The normalized spacial score (nSPS) is 11.4. The maximum absolute atomic E-state index is 13.8. The first-order chi connectivity index (χ1) is 25.4. The molecule has 52 heavy (non-hydrogen) atoms. The van der Waals surface area contributed by atoms with Gasteiger partial charge in [0.25, 0.3) is 11.1 Å². The van der Waals surface area contributed by atoms with E-state index in [-0.39, 0.29) is 11.1 Å². The van der Waals surface area contributed by atoms with Crippen LogP contribution in [0.5, 0.6) is 0 Å². The Balaban J connectivity index is 1.19. The van der Waals surface area contributed by atoms with Crippen molar-refractivity contribution < 1.29 is 0 Å². The van der Waals surface area contributed by atoms with Crippen molar-refractivity contribution in [1.82, 2.24) is 29.9 Å². The Morgan fingerprint density at radius 2 is 0.923 bits per heavy atom. The molecular formula is C40H22Cl2N6O2S2. The fourth-order valence-corrected chi connectivity index (χ4v) is 7.81. The summed E-state index contributed by atoms with van der Waals surface area (Å²) in [6.45, 7) is 0. The van der Waals surface area contributed by atoms with Gasteiger partial charge in [-0.25, -0.2) is 19.9 Å². The molecule has 9 aromatic rings. The summed E-state index contributed by atoms with van der Waals surface area (Å²) in [5.41, 5.74) is 5.59. The van der Waals surface area contributed by atoms with Crippen molar-refractivity contribution in [2.24, 2.45) is 0 Å². The lowest BCUT2D eigenvalue weighted by Crippen LogP contribution is -2.13. The van der Waals surface area contributed by atoms with Gasteiger partial charge in [0.05, 0.1) is 31.9 Å². The minimum atomic E-state index is -0.335. The molecule has 2 N–H and O–H groups in total. The molecule has 0 aliphatic carbocycles. The Morgan fingerprint density at radius 3 is 1.33 bits per heavy atom. The van der Waals surface area contributed by atoms with Crippen molar-refractivity contribution in [3.8, 4) is 66.2 Å². The van der Waals surface area contributed by atoms with Crippen molar-refractivity contribution in [2.75, 3.05) is 0 Å². The molecule has 6 aromatic heterocycles. The summed E-state index contributed by atoms with van der Waals surface area (Å²) in [7, 11) is 0. The molecule has 0 spiro atoms. The predicted octanol–water partition coefficient (Wildman–Crippen LogP) is 10.4. The molecule has 6 heterocycles. The quantitative estimate of drug-likeness (QED) is 0.175. The number of aromatic nitrogens is 6. The zero-order valence-electron chi connectivity index (χ0n) is 26.7. The van der Waals surface area contributed by atoms with E-state index >= 15 is 0 Å². The summed E-state index contributed by atoms with van der Waals surface area (Å²) in [6, 6.07) is 33.7. The van der Waals surface area contributed by atoms with Crippen LogP contribution in [0.3, 0.4) is 0 Å². The highest BCUT2D eigenvalue weighted by atomic mass is 35.5. The van der Waals surface area contributed by atoms with Crippen molar-refractivity contribution in [1.29, 1.82) is 0 Å². The van der Waals surface area contributed by atoms with Crippen LogP contribution < -0.4 is 11.1 Å². The minimum absolute atomic E-state index is 0.303. The molecule has 0 aliphatic heterocycles. The van der Waals surface area contributed by atoms with E-state index in [1.54, 1.807) is 46.9 Å². The van der Waals surface area contributed by atoms with E-state index in [4.69, 9.17) is 43.1 Å². The first-order valence-corrected chi connectivity index (χ1v) is 18.5. The number of nitrogens with zero attached hydrogens (tertiary/aromatic N) is 4. The third-order valence-corrected chi connectivity index (χ3v) is 10.9. The Bertz CT molecular complexity index is 2710. The second-order valence-corrected chi connectivity index (χ2v) is 14.7. The summed E-state index contributed by atoms with van der Waals surface area (Å²) in [5, 5.41) is 5.89. The van der Waals surface area contributed by atoms with E-state index in [1.807, 2.05) is 95.7 Å². The third-order valence-electron chi connectivity index (χ3n) is 8.62. The number of nitrogens with one attached hydrogen (secondary N) is 2. The second kappa shape index (κ2) is 13.1. The van der Waals surface area contributed by atoms with Crippen LogP contribution in [-0.2, 0) is 0 Å². The van der Waals surface area contributed by atoms with E-state index in [2.05, 4.69) is 9.97 Å². The maximum atomic E-state index is 13.8. The van der Waals surface area contributed by atoms with Crippen molar-refractivity contribution >= 4 is 67.9 Å². The van der Waals surface area contributed by atoms with Crippen LogP contribution in [-0.4, -0.2) is 29.9 Å². The Kier molecular flexibility index (Phi) is 8.09. The van der Waals surface area contributed by atoms with Gasteiger partial charge in [-0.15, -0.1) is 22.7 Å². The van der Waals surface area contributed by atoms with Crippen LogP contribution in [0.2, 0.25) is 10.0 Å². The van der Waals surface area contributed by atoms with Crippen LogP contribution in [0, 0.1) is 0 Å². The van der Waals surface area contributed by atoms with Crippen molar-refractivity contribution in [3.63, 3.8) is 0 Å². The molecule has 9 rings (SSSR count). The van der Waals surface area contributed by atoms with Crippen LogP contribution in [0.1, 0.15) is 0 Å². The standard InChI is InChI=1S/C40H22Cl2N6O2S2/c41-25-12-8-21(9-13-25)27-19-29(31-6-2-16-51-31)43-37-33(27)39(49)47-35(45-37)23-4-1-5-24(18-23)36-46-38-34(40(50)48-36)28(22-10-14-26(42)15-11-22)20-30(44-38)32-7-3-17-52-32/h1-20H,(H,43,45,47,49)(H,44,46,48,50). The molecule has 0 aliphatic rings. The summed E-state index contributed by atoms with van der Waals surface area (Å²) in [4.78, 5) is 54.9. The van der Waals surface area contributed by atoms with E-state index < -0.39 is 0 Å². The lowest BCUT2D eigenvalue weighted by Gasteiger charge is -2.11. The van der Waals surface area contributed by atoms with Gasteiger partial charge in [0.1, 0.15) is 11.6 Å². The molecule has 0 saturated heterocycles. The molecule has 12 heteroatoms. The number of thiophene rings is 2. The van der Waals surface area contributed by atoms with Gasteiger partial charge in [0.15, 0.2) is 11.3 Å². The molecule has 8 nitrogen and oxygen atoms in total. The monoisotopic (exact) mass is 752 g/mol. The molecule has 3 aromatic carbocycles. The summed E-state index contributed by atoms with van der Waals surface area (Å²) in [6.07, 6.45) is 0. The molecule has 0 saturated carbocycles. The molecule has 0 atom stereocenters. The maximum Gasteiger partial charge on any atom is 0.261 e. The zero-order valence-corrected chi connectivity index (χ0v) is 29.9. The molecule has 0 bridgehead atoms. The fourth-order valence-electron chi connectivity index (χ4n) is 6.18. The van der Waals surface area contributed by atoms with Gasteiger partial charge < -0.3 is 9.97 Å². The van der Waals surface area contributed by atoms with Gasteiger partial charge in [-0.05, 0) is 76.5 Å². The highest BCUT2D eigenvalue weighted by molar-refractivity contribution is 7.13. The number of H-pyrrole nitrogens is 2. The fraction of sp³-hybridized carbons (Fsp3) is 0. The number of fused-ring (bicyclic) bond motifs is 2. The molecule has 250 valence electrons. The van der Waals surface area contributed by atoms with Gasteiger partial charge >= 0.3 is 0 Å². The third kappa shape index (κ3) is 5.91. The number of halogens is 2. The van der Waals surface area contributed by atoms with Crippen LogP contribution >= 0.6 is 45.9 Å². The van der Waals surface area contributed by atoms with E-state index in [0.717, 1.165) is 20.9 Å². The van der Waals surface area contributed by atoms with E-state index in [0.29, 0.717) is 77.4 Å². The van der Waals surface area contributed by atoms with Crippen LogP contribution in [0.25, 0.3) is 88.2 Å². The Morgan fingerprint density at radius 1 is 0.481 bits per heavy atom. The summed E-state index contributed by atoms with van der Waals surface area (Å²) < 4.78 is 0. The molecule has 0 amide bonds. The zero-order chi connectivity index (χ0) is 35.3. The molecular weight excluding hydrogens is 732 g/mol. The first-order valence-electron chi connectivity index (χ1n) is 16.0. The first kappa shape index (κ1) is 32.1. The molecule has 0 fully saturated rings. The van der Waals surface area contributed by atoms with Gasteiger partial charge in [0, 0.05) is 32.3 Å². The molecule has 0 unspecified atom stereocenters. The lowest BCUT2D eigenvalue weighted by atomic mass is 10.0. The highest BCUT2D eigenvalue weighted by Crippen LogP contribution is 2.35. The van der Waals surface area contributed by atoms with Crippen molar-refractivity contribution in [2.45, 2.75) is 0 Å². The number of pyridine rings is 2. The second-order valence-electron chi connectivity index (χ2n) is 11.9. The Hall–Kier alpha value is -5.78. The number of aromatic amines is 2. The predicted molar refractivity (Wildman–Crippen MR) is 212 cm³/mol. The largest absolute Gasteiger partial charge is 0.306 e. The van der Waals surface area contributed by atoms with Gasteiger partial charge in [0.2, 0.25) is 0 Å². The average molecular weight is 754 g/mol. The summed E-state index contributed by atoms with van der Waals surface area (Å²) in [5.74, 6) is 0.645. The average Bonchev–Trinajstić information content (AvgIpc) is 3.91. The topological polar surface area (TPSA) is 117 Å². The smallest absolute Gasteiger partial charge is 0.261 e. The Labute approximate surface area is 313 Å². The van der Waals surface area contributed by atoms with Crippen LogP contribution in [0.4, 0.5) is 0 Å². The van der Waals surface area contributed by atoms with Crippen molar-refractivity contribution in [3.05, 3.63) is 151 Å². The van der Waals surface area contributed by atoms with Gasteiger partial charge in [-0.2, -0.15) is 0 Å². The number of benzene rings is 3. The lowest BCUT2D eigenvalue weighted by molar-refractivity contribution is 1.14. The van der Waals surface area contributed by atoms with Gasteiger partial charge in [-0.3, -0.25) is 9.59 Å². The SMILES string of the molecule is O=c1[nH]c(-c2cccc(-c3nc4nc(-c5cccs5)cc(-c5ccc(Cl)cc5)c4c(=O)[nH]3)c2)nc2nc(-c3cccs3)cc(-c3ccc(Cl)cc3)c12.